The van der Waals surface area contributed by atoms with Gasteiger partial charge in [0.05, 0.1) is 6.21 Å². The highest BCUT2D eigenvalue weighted by Crippen LogP contribution is 2.40. The minimum absolute atomic E-state index is 0.0501. The van der Waals surface area contributed by atoms with E-state index in [4.69, 9.17) is 11.6 Å². The molecule has 0 bridgehead atoms. The third-order valence-electron chi connectivity index (χ3n) is 3.52. The lowest BCUT2D eigenvalue weighted by Gasteiger charge is -2.27. The van der Waals surface area contributed by atoms with Crippen molar-refractivity contribution in [2.45, 2.75) is 24.0 Å². The zero-order chi connectivity index (χ0) is 15.6. The first kappa shape index (κ1) is 15.1. The van der Waals surface area contributed by atoms with Crippen LogP contribution in [0.2, 0.25) is 5.02 Å². The average molecular weight is 337 g/mol. The van der Waals surface area contributed by atoms with Gasteiger partial charge >= 0.3 is 0 Å². The Morgan fingerprint density at radius 1 is 1.36 bits per heavy atom. The van der Waals surface area contributed by atoms with Crippen molar-refractivity contribution in [1.29, 1.82) is 0 Å². The molecule has 8 heteroatoms. The second kappa shape index (κ2) is 6.10. The topological polar surface area (TPSA) is 82.9 Å². The maximum Gasteiger partial charge on any atom is 0.264 e. The first-order valence-corrected chi connectivity index (χ1v) is 7.95. The lowest BCUT2D eigenvalue weighted by Crippen LogP contribution is -2.51. The molecule has 1 fully saturated rings. The summed E-state index contributed by atoms with van der Waals surface area (Å²) in [4.78, 5) is 24.0. The van der Waals surface area contributed by atoms with Gasteiger partial charge in [0.2, 0.25) is 5.17 Å². The Morgan fingerprint density at radius 2 is 2.14 bits per heavy atom. The van der Waals surface area contributed by atoms with E-state index < -0.39 is 4.75 Å². The van der Waals surface area contributed by atoms with Gasteiger partial charge in [0, 0.05) is 11.4 Å². The predicted octanol–water partition coefficient (Wildman–Crippen LogP) is 1.89. The van der Waals surface area contributed by atoms with E-state index in [2.05, 4.69) is 21.1 Å². The number of amides is 1. The monoisotopic (exact) mass is 336 g/mol. The van der Waals surface area contributed by atoms with E-state index in [9.17, 15) is 9.59 Å². The van der Waals surface area contributed by atoms with Gasteiger partial charge in [0.1, 0.15) is 0 Å². The largest absolute Gasteiger partial charge is 0.298 e. The van der Waals surface area contributed by atoms with Gasteiger partial charge in [-0.1, -0.05) is 35.5 Å². The number of carbonyl (C=O) groups excluding carboxylic acids is 2. The molecule has 1 amide bonds. The Balaban J connectivity index is 1.67. The first-order valence-electron chi connectivity index (χ1n) is 6.75. The first-order chi connectivity index (χ1) is 10.6. The van der Waals surface area contributed by atoms with Crippen molar-refractivity contribution in [1.82, 2.24) is 10.9 Å². The van der Waals surface area contributed by atoms with E-state index >= 15 is 0 Å². The van der Waals surface area contributed by atoms with Gasteiger partial charge < -0.3 is 0 Å². The van der Waals surface area contributed by atoms with Crippen molar-refractivity contribution in [3.05, 3.63) is 34.9 Å². The minimum atomic E-state index is -1.04. The highest BCUT2D eigenvalue weighted by molar-refractivity contribution is 8.16. The quantitative estimate of drug-likeness (QED) is 0.491. The number of hydrogen-bond donors (Lipinski definition) is 2. The Morgan fingerprint density at radius 3 is 2.82 bits per heavy atom. The fraction of sp³-hybridized carbons (Fsp3) is 0.286. The second-order valence-electron chi connectivity index (χ2n) is 4.99. The number of thioether (sulfide) groups is 1. The van der Waals surface area contributed by atoms with Crippen molar-refractivity contribution >= 4 is 46.4 Å². The molecule has 1 heterocycles. The van der Waals surface area contributed by atoms with Gasteiger partial charge in [-0.15, -0.1) is 5.10 Å². The molecule has 0 saturated heterocycles. The molecule has 3 rings (SSSR count). The van der Waals surface area contributed by atoms with E-state index in [1.807, 2.05) is 12.1 Å². The van der Waals surface area contributed by atoms with Gasteiger partial charge in [-0.3, -0.25) is 15.0 Å². The summed E-state index contributed by atoms with van der Waals surface area (Å²) in [5.41, 5.74) is 6.03. The zero-order valence-corrected chi connectivity index (χ0v) is 13.1. The number of hydrogen-bond acceptors (Lipinski definition) is 6. The van der Waals surface area contributed by atoms with Crippen LogP contribution in [0.5, 0.6) is 0 Å². The summed E-state index contributed by atoms with van der Waals surface area (Å²) < 4.78 is -1.04. The fourth-order valence-corrected chi connectivity index (χ4v) is 3.62. The zero-order valence-electron chi connectivity index (χ0n) is 11.5. The summed E-state index contributed by atoms with van der Waals surface area (Å²) in [7, 11) is 0. The van der Waals surface area contributed by atoms with Gasteiger partial charge in [0.15, 0.2) is 10.5 Å². The fourth-order valence-electron chi connectivity index (χ4n) is 2.37. The van der Waals surface area contributed by atoms with Crippen LogP contribution in [0.1, 0.15) is 24.8 Å². The maximum absolute atomic E-state index is 12.0. The SMILES string of the molecule is O=C1CCCC12SC(N/N=C/c1ccc(Cl)cc1)=NNC2=O. The summed E-state index contributed by atoms with van der Waals surface area (Å²) in [6, 6.07) is 7.19. The number of amidine groups is 1. The molecule has 1 aliphatic carbocycles. The Hall–Kier alpha value is -1.86. The molecular formula is C14H13ClN4O2S. The van der Waals surface area contributed by atoms with Crippen LogP contribution in [0, 0.1) is 0 Å². The van der Waals surface area contributed by atoms with Gasteiger partial charge in [-0.05, 0) is 30.5 Å². The molecule has 1 spiro atoms. The predicted molar refractivity (Wildman–Crippen MR) is 86.9 cm³/mol. The van der Waals surface area contributed by atoms with E-state index in [0.717, 1.165) is 23.7 Å². The van der Waals surface area contributed by atoms with Crippen molar-refractivity contribution in [2.24, 2.45) is 10.2 Å². The number of rotatable bonds is 2. The number of nitrogens with zero attached hydrogens (tertiary/aromatic N) is 2. The van der Waals surface area contributed by atoms with Gasteiger partial charge in [0.25, 0.3) is 5.91 Å². The normalized spacial score (nSPS) is 24.7. The number of benzene rings is 1. The van der Waals surface area contributed by atoms with Crippen molar-refractivity contribution in [3.63, 3.8) is 0 Å². The number of nitrogens with one attached hydrogen (secondary N) is 2. The molecule has 1 atom stereocenters. The van der Waals surface area contributed by atoms with E-state index in [-0.39, 0.29) is 11.7 Å². The summed E-state index contributed by atoms with van der Waals surface area (Å²) in [5, 5.41) is 9.02. The summed E-state index contributed by atoms with van der Waals surface area (Å²) in [5.74, 6) is -0.391. The highest BCUT2D eigenvalue weighted by Gasteiger charge is 2.52. The van der Waals surface area contributed by atoms with Crippen LogP contribution in [0.4, 0.5) is 0 Å². The molecule has 1 aromatic carbocycles. The molecular weight excluding hydrogens is 324 g/mol. The molecule has 6 nitrogen and oxygen atoms in total. The number of hydrazone groups is 2. The molecule has 2 aliphatic rings. The summed E-state index contributed by atoms with van der Waals surface area (Å²) in [6.07, 6.45) is 3.30. The molecule has 1 unspecified atom stereocenters. The number of carbonyl (C=O) groups is 2. The lowest BCUT2D eigenvalue weighted by molar-refractivity contribution is -0.130. The molecule has 22 heavy (non-hydrogen) atoms. The van der Waals surface area contributed by atoms with Crippen LogP contribution in [0.3, 0.4) is 0 Å². The van der Waals surface area contributed by atoms with E-state index in [0.29, 0.717) is 23.0 Å². The molecule has 1 saturated carbocycles. The van der Waals surface area contributed by atoms with Gasteiger partial charge in [-0.2, -0.15) is 5.10 Å². The number of Topliss-reactive ketones (excluding diaryl/α,β-unsaturated/α-hetero) is 1. The average Bonchev–Trinajstić information content (AvgIpc) is 2.87. The summed E-state index contributed by atoms with van der Waals surface area (Å²) in [6.45, 7) is 0. The highest BCUT2D eigenvalue weighted by atomic mass is 35.5. The van der Waals surface area contributed by atoms with Crippen LogP contribution in [0.15, 0.2) is 34.5 Å². The molecule has 1 aliphatic heterocycles. The lowest BCUT2D eigenvalue weighted by atomic mass is 10.1. The minimum Gasteiger partial charge on any atom is -0.298 e. The Kier molecular flexibility index (Phi) is 4.17. The van der Waals surface area contributed by atoms with Gasteiger partial charge in [-0.25, -0.2) is 5.43 Å². The molecule has 0 aromatic heterocycles. The number of halogens is 1. The van der Waals surface area contributed by atoms with Crippen LogP contribution in [-0.2, 0) is 9.59 Å². The molecule has 2 N–H and O–H groups in total. The van der Waals surface area contributed by atoms with Crippen LogP contribution < -0.4 is 10.9 Å². The Labute approximate surface area is 136 Å². The molecule has 1 aromatic rings. The third-order valence-corrected chi connectivity index (χ3v) is 5.12. The molecule has 114 valence electrons. The standard InChI is InChI=1S/C14H13ClN4O2S/c15-10-5-3-9(4-6-10)8-16-18-13-19-17-12(21)14(22-13)7-1-2-11(14)20/h3-6,8H,1-2,7H2,(H,17,21)(H,18,19)/b16-8+. The van der Waals surface area contributed by atoms with Crippen molar-refractivity contribution in [3.8, 4) is 0 Å². The van der Waals surface area contributed by atoms with E-state index in [1.165, 1.54) is 0 Å². The molecule has 0 radical (unpaired) electrons. The van der Waals surface area contributed by atoms with Crippen molar-refractivity contribution < 1.29 is 9.59 Å². The number of ketones is 1. The van der Waals surface area contributed by atoms with E-state index in [1.54, 1.807) is 18.3 Å². The van der Waals surface area contributed by atoms with Crippen LogP contribution in [0.25, 0.3) is 0 Å². The summed E-state index contributed by atoms with van der Waals surface area (Å²) >= 11 is 6.95. The maximum atomic E-state index is 12.0. The Bertz CT molecular complexity index is 674. The second-order valence-corrected chi connectivity index (χ2v) is 6.71. The van der Waals surface area contributed by atoms with Crippen LogP contribution >= 0.6 is 23.4 Å². The smallest absolute Gasteiger partial charge is 0.264 e. The van der Waals surface area contributed by atoms with Crippen molar-refractivity contribution in [2.75, 3.05) is 0 Å². The third kappa shape index (κ3) is 2.86. The van der Waals surface area contributed by atoms with Crippen LogP contribution in [-0.4, -0.2) is 27.8 Å².